The monoisotopic (exact) mass is 404 g/mol. The molecule has 2 amide bonds. The van der Waals surface area contributed by atoms with Crippen LogP contribution < -0.4 is 0 Å². The lowest BCUT2D eigenvalue weighted by molar-refractivity contribution is -0.140. The molecule has 1 saturated heterocycles. The highest BCUT2D eigenvalue weighted by Crippen LogP contribution is 2.33. The second kappa shape index (κ2) is 8.14. The summed E-state index contributed by atoms with van der Waals surface area (Å²) in [6.07, 6.45) is 3.10. The van der Waals surface area contributed by atoms with Crippen LogP contribution in [0.5, 0.6) is 0 Å². The van der Waals surface area contributed by atoms with Crippen molar-refractivity contribution in [2.45, 2.75) is 44.4 Å². The first-order chi connectivity index (χ1) is 14.4. The number of imide groups is 1. The molecule has 2 atom stereocenters. The Labute approximate surface area is 175 Å². The summed E-state index contributed by atoms with van der Waals surface area (Å²) in [6.45, 7) is 3.65. The van der Waals surface area contributed by atoms with Crippen molar-refractivity contribution in [3.8, 4) is 0 Å². The Kier molecular flexibility index (Phi) is 5.40. The van der Waals surface area contributed by atoms with Crippen molar-refractivity contribution < 1.29 is 19.2 Å². The highest BCUT2D eigenvalue weighted by Gasteiger charge is 2.52. The van der Waals surface area contributed by atoms with Gasteiger partial charge in [-0.15, -0.1) is 0 Å². The van der Waals surface area contributed by atoms with Gasteiger partial charge in [0.25, 0.3) is 5.91 Å². The summed E-state index contributed by atoms with van der Waals surface area (Å²) in [5.41, 5.74) is 1.92. The first-order valence-corrected chi connectivity index (χ1v) is 10.00. The van der Waals surface area contributed by atoms with E-state index >= 15 is 0 Å². The molecule has 1 unspecified atom stereocenters. The molecule has 0 aromatic heterocycles. The number of oxime groups is 1. The number of amides is 2. The second-order valence-corrected chi connectivity index (χ2v) is 8.01. The minimum Gasteiger partial charge on any atom is -0.441 e. The number of hydrogen-bond donors (Lipinski definition) is 0. The van der Waals surface area contributed by atoms with Gasteiger partial charge in [-0.1, -0.05) is 71.9 Å². The molecule has 30 heavy (non-hydrogen) atoms. The van der Waals surface area contributed by atoms with Gasteiger partial charge in [0.1, 0.15) is 5.60 Å². The smallest absolute Gasteiger partial charge is 0.417 e. The van der Waals surface area contributed by atoms with Crippen molar-refractivity contribution in [3.63, 3.8) is 0 Å². The van der Waals surface area contributed by atoms with Gasteiger partial charge in [-0.25, -0.2) is 9.69 Å². The predicted molar refractivity (Wildman–Crippen MR) is 114 cm³/mol. The lowest BCUT2D eigenvalue weighted by Crippen LogP contribution is -2.49. The number of carbonyl (C=O) groups excluding carboxylic acids is 2. The van der Waals surface area contributed by atoms with Gasteiger partial charge >= 0.3 is 6.09 Å². The van der Waals surface area contributed by atoms with Crippen molar-refractivity contribution in [1.29, 1.82) is 0 Å². The van der Waals surface area contributed by atoms with Crippen molar-refractivity contribution in [1.82, 2.24) is 4.90 Å². The third-order valence-corrected chi connectivity index (χ3v) is 5.41. The molecule has 1 fully saturated rings. The van der Waals surface area contributed by atoms with Crippen LogP contribution in [-0.2, 0) is 20.8 Å². The predicted octanol–water partition coefficient (Wildman–Crippen LogP) is 4.21. The van der Waals surface area contributed by atoms with E-state index in [9.17, 15) is 9.59 Å². The third kappa shape index (κ3) is 4.13. The molecule has 6 nitrogen and oxygen atoms in total. The van der Waals surface area contributed by atoms with E-state index in [1.807, 2.05) is 86.7 Å². The van der Waals surface area contributed by atoms with E-state index in [1.54, 1.807) is 0 Å². The average Bonchev–Trinajstić information content (AvgIpc) is 3.30. The van der Waals surface area contributed by atoms with E-state index in [0.29, 0.717) is 18.6 Å². The number of nitrogens with zero attached hydrogens (tertiary/aromatic N) is 2. The van der Waals surface area contributed by atoms with Gasteiger partial charge in [-0.05, 0) is 37.5 Å². The van der Waals surface area contributed by atoms with Gasteiger partial charge in [-0.3, -0.25) is 4.79 Å². The Hall–Kier alpha value is -3.41. The van der Waals surface area contributed by atoms with Crippen LogP contribution in [0.2, 0.25) is 0 Å². The summed E-state index contributed by atoms with van der Waals surface area (Å²) < 4.78 is 5.52. The molecule has 2 aromatic carbocycles. The third-order valence-electron chi connectivity index (χ3n) is 5.41. The fraction of sp³-hybridized carbons (Fsp3) is 0.292. The Morgan fingerprint density at radius 1 is 1.10 bits per heavy atom. The second-order valence-electron chi connectivity index (χ2n) is 8.01. The maximum atomic E-state index is 13.2. The lowest BCUT2D eigenvalue weighted by Gasteiger charge is -2.28. The number of ether oxygens (including phenoxy) is 1. The van der Waals surface area contributed by atoms with E-state index in [0.717, 1.165) is 11.1 Å². The standard InChI is InChI=1S/C24H24N2O4/c1-24(2)21(15-18-11-7-4-8-12-18)26(23(28)29-24)22(27)20-16-19(25-30-20)14-13-17-9-5-3-6-10-17/h3-14,20-21H,15-16H2,1-2H3/b14-13+/t20?,21-/m0/s1. The number of cyclic esters (lactones) is 1. The zero-order chi connectivity index (χ0) is 21.1. The molecule has 0 saturated carbocycles. The molecule has 0 spiro atoms. The van der Waals surface area contributed by atoms with Crippen LogP contribution in [0.1, 0.15) is 31.4 Å². The maximum absolute atomic E-state index is 13.2. The molecule has 0 radical (unpaired) electrons. The number of carbonyl (C=O) groups is 2. The SMILES string of the molecule is CC1(C)OC(=O)N(C(=O)C2CC(/C=C/c3ccccc3)=NO2)[C@H]1Cc1ccccc1. The first kappa shape index (κ1) is 19.9. The van der Waals surface area contributed by atoms with Crippen LogP contribution in [0.4, 0.5) is 4.79 Å². The molecular formula is C24H24N2O4. The van der Waals surface area contributed by atoms with Crippen molar-refractivity contribution in [2.24, 2.45) is 5.16 Å². The molecule has 6 heteroatoms. The van der Waals surface area contributed by atoms with Gasteiger partial charge in [-0.2, -0.15) is 0 Å². The first-order valence-electron chi connectivity index (χ1n) is 10.00. The largest absolute Gasteiger partial charge is 0.441 e. The quantitative estimate of drug-likeness (QED) is 0.749. The minimum atomic E-state index is -0.833. The number of benzene rings is 2. The fourth-order valence-electron chi connectivity index (χ4n) is 3.74. The number of allylic oxidation sites excluding steroid dienone is 1. The van der Waals surface area contributed by atoms with Gasteiger partial charge in [0, 0.05) is 6.42 Å². The van der Waals surface area contributed by atoms with Gasteiger partial charge < -0.3 is 9.57 Å². The van der Waals surface area contributed by atoms with Crippen molar-refractivity contribution in [3.05, 3.63) is 77.9 Å². The molecule has 0 N–H and O–H groups in total. The highest BCUT2D eigenvalue weighted by molar-refractivity contribution is 6.04. The van der Waals surface area contributed by atoms with Crippen LogP contribution in [0.3, 0.4) is 0 Å². The number of hydrogen-bond acceptors (Lipinski definition) is 5. The van der Waals surface area contributed by atoms with Crippen molar-refractivity contribution >= 4 is 23.8 Å². The molecular weight excluding hydrogens is 380 g/mol. The number of rotatable bonds is 5. The average molecular weight is 404 g/mol. The minimum absolute atomic E-state index is 0.310. The summed E-state index contributed by atoms with van der Waals surface area (Å²) in [5.74, 6) is -0.418. The Morgan fingerprint density at radius 3 is 2.47 bits per heavy atom. The summed E-state index contributed by atoms with van der Waals surface area (Å²) in [5, 5.41) is 4.03. The van der Waals surface area contributed by atoms with Crippen LogP contribution in [-0.4, -0.2) is 40.4 Å². The molecule has 0 aliphatic carbocycles. The van der Waals surface area contributed by atoms with Crippen LogP contribution in [0.25, 0.3) is 6.08 Å². The highest BCUT2D eigenvalue weighted by atomic mass is 16.6. The van der Waals surface area contributed by atoms with Crippen LogP contribution in [0, 0.1) is 0 Å². The summed E-state index contributed by atoms with van der Waals surface area (Å²) in [6, 6.07) is 19.1. The lowest BCUT2D eigenvalue weighted by atomic mass is 9.91. The molecule has 4 rings (SSSR count). The molecule has 154 valence electrons. The fourth-order valence-corrected chi connectivity index (χ4v) is 3.74. The van der Waals surface area contributed by atoms with E-state index in [1.165, 1.54) is 4.90 Å². The Morgan fingerprint density at radius 2 is 1.77 bits per heavy atom. The molecule has 2 aliphatic heterocycles. The van der Waals surface area contributed by atoms with E-state index in [-0.39, 0.29) is 0 Å². The zero-order valence-corrected chi connectivity index (χ0v) is 17.0. The van der Waals surface area contributed by atoms with E-state index < -0.39 is 29.7 Å². The molecule has 2 aromatic rings. The molecule has 2 heterocycles. The summed E-state index contributed by atoms with van der Waals surface area (Å²) >= 11 is 0. The van der Waals surface area contributed by atoms with Gasteiger partial charge in [0.15, 0.2) is 0 Å². The van der Waals surface area contributed by atoms with E-state index in [4.69, 9.17) is 9.57 Å². The van der Waals surface area contributed by atoms with Gasteiger partial charge in [0.05, 0.1) is 11.8 Å². The van der Waals surface area contributed by atoms with Crippen LogP contribution in [0.15, 0.2) is 71.9 Å². The van der Waals surface area contributed by atoms with Crippen LogP contribution >= 0.6 is 0 Å². The topological polar surface area (TPSA) is 68.2 Å². The molecule has 0 bridgehead atoms. The van der Waals surface area contributed by atoms with E-state index in [2.05, 4.69) is 5.16 Å². The summed E-state index contributed by atoms with van der Waals surface area (Å²) in [7, 11) is 0. The van der Waals surface area contributed by atoms with Crippen molar-refractivity contribution in [2.75, 3.05) is 0 Å². The summed E-state index contributed by atoms with van der Waals surface area (Å²) in [4.78, 5) is 32.3. The zero-order valence-electron chi connectivity index (χ0n) is 17.0. The Balaban J connectivity index is 1.46. The Bertz CT molecular complexity index is 983. The normalized spacial score (nSPS) is 22.7. The molecule has 2 aliphatic rings. The maximum Gasteiger partial charge on any atom is 0.417 e. The van der Waals surface area contributed by atoms with Gasteiger partial charge in [0.2, 0.25) is 6.10 Å².